The summed E-state index contributed by atoms with van der Waals surface area (Å²) < 4.78 is 34.1. The predicted octanol–water partition coefficient (Wildman–Crippen LogP) is 4.41. The van der Waals surface area contributed by atoms with Crippen LogP contribution in [0.2, 0.25) is 0 Å². The van der Waals surface area contributed by atoms with Crippen LogP contribution >= 0.6 is 0 Å². The van der Waals surface area contributed by atoms with Crippen molar-refractivity contribution in [3.05, 3.63) is 90.5 Å². The smallest absolute Gasteiger partial charge is 0.264 e. The Labute approximate surface area is 237 Å². The molecule has 0 spiro atoms. The number of rotatable bonds is 12. The van der Waals surface area contributed by atoms with E-state index in [0.29, 0.717) is 17.9 Å². The van der Waals surface area contributed by atoms with E-state index in [1.165, 1.54) is 24.1 Å². The van der Waals surface area contributed by atoms with Crippen LogP contribution < -0.4 is 14.4 Å². The Morgan fingerprint density at radius 1 is 0.950 bits per heavy atom. The van der Waals surface area contributed by atoms with E-state index >= 15 is 0 Å². The number of methoxy groups -OCH3 is 1. The molecule has 4 rings (SSSR count). The molecule has 3 aromatic rings. The van der Waals surface area contributed by atoms with Crippen LogP contribution in [0.15, 0.2) is 89.8 Å². The van der Waals surface area contributed by atoms with Gasteiger partial charge in [-0.2, -0.15) is 0 Å². The van der Waals surface area contributed by atoms with Crippen molar-refractivity contribution in [2.24, 2.45) is 0 Å². The van der Waals surface area contributed by atoms with Crippen LogP contribution in [0.1, 0.15) is 38.2 Å². The molecule has 212 valence electrons. The van der Waals surface area contributed by atoms with Gasteiger partial charge in [0.05, 0.1) is 17.7 Å². The fourth-order valence-electron chi connectivity index (χ4n) is 4.98. The zero-order chi connectivity index (χ0) is 28.5. The zero-order valence-electron chi connectivity index (χ0n) is 23.0. The lowest BCUT2D eigenvalue weighted by molar-refractivity contribution is -0.139. The SMILES string of the molecule is COc1cccc(N(CC(=O)N(CCc2ccccc2)[C@H](C)C(=O)NC2CCCC2)S(=O)(=O)c2ccccc2)c1. The number of hydrogen-bond acceptors (Lipinski definition) is 5. The van der Waals surface area contributed by atoms with Gasteiger partial charge in [-0.15, -0.1) is 0 Å². The molecule has 0 aromatic heterocycles. The molecule has 0 aliphatic heterocycles. The summed E-state index contributed by atoms with van der Waals surface area (Å²) in [5.41, 5.74) is 1.31. The summed E-state index contributed by atoms with van der Waals surface area (Å²) in [6.45, 7) is 1.49. The van der Waals surface area contributed by atoms with E-state index in [4.69, 9.17) is 4.74 Å². The van der Waals surface area contributed by atoms with Crippen molar-refractivity contribution in [3.63, 3.8) is 0 Å². The molecule has 9 heteroatoms. The minimum atomic E-state index is -4.11. The first-order valence-electron chi connectivity index (χ1n) is 13.6. The van der Waals surface area contributed by atoms with Crippen LogP contribution in [0.4, 0.5) is 5.69 Å². The summed E-state index contributed by atoms with van der Waals surface area (Å²) in [6.07, 6.45) is 4.52. The summed E-state index contributed by atoms with van der Waals surface area (Å²) in [5.74, 6) is -0.233. The lowest BCUT2D eigenvalue weighted by Crippen LogP contribution is -2.53. The number of carbonyl (C=O) groups is 2. The van der Waals surface area contributed by atoms with Crippen LogP contribution in [-0.2, 0) is 26.0 Å². The van der Waals surface area contributed by atoms with Gasteiger partial charge in [0.2, 0.25) is 11.8 Å². The monoisotopic (exact) mass is 563 g/mol. The largest absolute Gasteiger partial charge is 0.497 e. The molecule has 0 heterocycles. The lowest BCUT2D eigenvalue weighted by Gasteiger charge is -2.32. The van der Waals surface area contributed by atoms with Gasteiger partial charge in [0.25, 0.3) is 10.0 Å². The molecule has 0 bridgehead atoms. The van der Waals surface area contributed by atoms with Crippen molar-refractivity contribution < 1.29 is 22.7 Å². The molecule has 1 aliphatic carbocycles. The fraction of sp³-hybridized carbons (Fsp3) is 0.355. The van der Waals surface area contributed by atoms with Crippen LogP contribution in [0, 0.1) is 0 Å². The van der Waals surface area contributed by atoms with Crippen LogP contribution in [0.3, 0.4) is 0 Å². The fourth-order valence-corrected chi connectivity index (χ4v) is 6.40. The second-order valence-corrected chi connectivity index (χ2v) is 11.9. The van der Waals surface area contributed by atoms with E-state index in [1.807, 2.05) is 30.3 Å². The van der Waals surface area contributed by atoms with Crippen molar-refractivity contribution in [3.8, 4) is 5.75 Å². The molecule has 2 amide bonds. The van der Waals surface area contributed by atoms with Gasteiger partial charge in [-0.05, 0) is 56.0 Å². The Morgan fingerprint density at radius 2 is 1.60 bits per heavy atom. The van der Waals surface area contributed by atoms with Gasteiger partial charge in [0, 0.05) is 18.7 Å². The van der Waals surface area contributed by atoms with Crippen molar-refractivity contribution in [1.82, 2.24) is 10.2 Å². The summed E-state index contributed by atoms with van der Waals surface area (Å²) in [6, 6.07) is 23.6. The number of sulfonamides is 1. The van der Waals surface area contributed by atoms with Gasteiger partial charge >= 0.3 is 0 Å². The van der Waals surface area contributed by atoms with Crippen LogP contribution in [0.25, 0.3) is 0 Å². The Balaban J connectivity index is 1.64. The summed E-state index contributed by atoms with van der Waals surface area (Å²) in [5, 5.41) is 3.09. The second-order valence-electron chi connectivity index (χ2n) is 10.0. The standard InChI is InChI=1S/C31H37N3O5S/c1-24(31(36)32-26-14-9-10-15-26)33(21-20-25-12-5-3-6-13-25)30(35)23-34(27-16-11-17-28(22-27)39-2)40(37,38)29-18-7-4-8-19-29/h3-8,11-13,16-19,22,24,26H,9-10,14-15,20-21,23H2,1-2H3,(H,32,36)/t24-/m1/s1. The van der Waals surface area contributed by atoms with Gasteiger partial charge < -0.3 is 15.0 Å². The molecule has 1 aliphatic rings. The van der Waals surface area contributed by atoms with E-state index in [-0.39, 0.29) is 23.4 Å². The van der Waals surface area contributed by atoms with Crippen molar-refractivity contribution >= 4 is 27.5 Å². The molecule has 1 saturated carbocycles. The van der Waals surface area contributed by atoms with Crippen molar-refractivity contribution in [2.75, 3.05) is 24.5 Å². The van der Waals surface area contributed by atoms with Crippen LogP contribution in [-0.4, -0.2) is 57.4 Å². The first-order valence-corrected chi connectivity index (χ1v) is 15.1. The summed E-state index contributed by atoms with van der Waals surface area (Å²) >= 11 is 0. The Bertz CT molecular complexity index is 1380. The normalized spacial score (nSPS) is 14.3. The van der Waals surface area contributed by atoms with Gasteiger partial charge in [-0.1, -0.05) is 67.4 Å². The number of ether oxygens (including phenoxy) is 1. The van der Waals surface area contributed by atoms with Crippen LogP contribution in [0.5, 0.6) is 5.75 Å². The van der Waals surface area contributed by atoms with E-state index in [9.17, 15) is 18.0 Å². The average molecular weight is 564 g/mol. The van der Waals surface area contributed by atoms with Gasteiger partial charge in [-0.3, -0.25) is 13.9 Å². The second kappa shape index (κ2) is 13.5. The molecule has 0 unspecified atom stereocenters. The molecule has 3 aromatic carbocycles. The highest BCUT2D eigenvalue weighted by atomic mass is 32.2. The van der Waals surface area contributed by atoms with Crippen molar-refractivity contribution in [1.29, 1.82) is 0 Å². The highest BCUT2D eigenvalue weighted by molar-refractivity contribution is 7.92. The van der Waals surface area contributed by atoms with Crippen molar-refractivity contribution in [2.45, 2.75) is 56.0 Å². The quantitative estimate of drug-likeness (QED) is 0.352. The third kappa shape index (κ3) is 7.21. The van der Waals surface area contributed by atoms with E-state index in [1.54, 1.807) is 49.4 Å². The molecule has 1 fully saturated rings. The highest BCUT2D eigenvalue weighted by Crippen LogP contribution is 2.27. The maximum absolute atomic E-state index is 14.0. The molecular formula is C31H37N3O5S. The molecule has 0 radical (unpaired) electrons. The number of carbonyl (C=O) groups excluding carboxylic acids is 2. The first kappa shape index (κ1) is 29.1. The summed E-state index contributed by atoms with van der Waals surface area (Å²) in [7, 11) is -2.61. The lowest BCUT2D eigenvalue weighted by atomic mass is 10.1. The number of hydrogen-bond donors (Lipinski definition) is 1. The third-order valence-electron chi connectivity index (χ3n) is 7.30. The number of nitrogens with zero attached hydrogens (tertiary/aromatic N) is 2. The molecule has 8 nitrogen and oxygen atoms in total. The Morgan fingerprint density at radius 3 is 2.25 bits per heavy atom. The predicted molar refractivity (Wildman–Crippen MR) is 156 cm³/mol. The highest BCUT2D eigenvalue weighted by Gasteiger charge is 2.33. The average Bonchev–Trinajstić information content (AvgIpc) is 3.50. The Kier molecular flexibility index (Phi) is 9.82. The number of amides is 2. The van der Waals surface area contributed by atoms with E-state index in [2.05, 4.69) is 5.32 Å². The van der Waals surface area contributed by atoms with Gasteiger partial charge in [0.15, 0.2) is 0 Å². The molecule has 1 atom stereocenters. The number of benzene rings is 3. The summed E-state index contributed by atoms with van der Waals surface area (Å²) in [4.78, 5) is 28.8. The molecular weight excluding hydrogens is 526 g/mol. The molecule has 0 saturated heterocycles. The first-order chi connectivity index (χ1) is 19.3. The third-order valence-corrected chi connectivity index (χ3v) is 9.09. The number of anilines is 1. The topological polar surface area (TPSA) is 96.0 Å². The van der Waals surface area contributed by atoms with Gasteiger partial charge in [-0.25, -0.2) is 8.42 Å². The maximum Gasteiger partial charge on any atom is 0.264 e. The minimum absolute atomic E-state index is 0.0634. The maximum atomic E-state index is 14.0. The minimum Gasteiger partial charge on any atom is -0.497 e. The molecule has 1 N–H and O–H groups in total. The van der Waals surface area contributed by atoms with E-state index < -0.39 is 28.5 Å². The molecule has 40 heavy (non-hydrogen) atoms. The zero-order valence-corrected chi connectivity index (χ0v) is 23.8. The number of nitrogens with one attached hydrogen (secondary N) is 1. The Hall–Kier alpha value is -3.85. The van der Waals surface area contributed by atoms with E-state index in [0.717, 1.165) is 35.6 Å². The van der Waals surface area contributed by atoms with Gasteiger partial charge in [0.1, 0.15) is 18.3 Å².